The molecule has 2 heterocycles. The molecule has 2 N–H and O–H groups in total. The van der Waals surface area contributed by atoms with Gasteiger partial charge in [-0.05, 0) is 45.2 Å². The lowest BCUT2D eigenvalue weighted by molar-refractivity contribution is -0.214. The van der Waals surface area contributed by atoms with Crippen LogP contribution >= 0.6 is 0 Å². The Morgan fingerprint density at radius 1 is 1.19 bits per heavy atom. The van der Waals surface area contributed by atoms with Gasteiger partial charge >= 0.3 is 0 Å². The molecule has 0 aromatic heterocycles. The minimum Gasteiger partial charge on any atom is -0.488 e. The molecule has 2 atom stereocenters. The normalized spacial score (nSPS) is 26.2. The van der Waals surface area contributed by atoms with Gasteiger partial charge in [-0.3, -0.25) is 4.90 Å². The third-order valence-corrected chi connectivity index (χ3v) is 5.29. The second-order valence-electron chi connectivity index (χ2n) is 7.52. The first-order chi connectivity index (χ1) is 12.5. The Labute approximate surface area is 155 Å². The molecule has 0 radical (unpaired) electrons. The van der Waals surface area contributed by atoms with Crippen LogP contribution < -0.4 is 9.47 Å². The predicted octanol–water partition coefficient (Wildman–Crippen LogP) is 1.83. The summed E-state index contributed by atoms with van der Waals surface area (Å²) in [4.78, 5) is 2.31. The van der Waals surface area contributed by atoms with Gasteiger partial charge < -0.3 is 24.4 Å². The Morgan fingerprint density at radius 3 is 2.58 bits per heavy atom. The largest absolute Gasteiger partial charge is 0.488 e. The van der Waals surface area contributed by atoms with Crippen molar-refractivity contribution in [2.45, 2.75) is 57.0 Å². The van der Waals surface area contributed by atoms with Crippen molar-refractivity contribution in [3.05, 3.63) is 24.3 Å². The molecule has 1 spiro atoms. The lowest BCUT2D eigenvalue weighted by Crippen LogP contribution is -2.60. The van der Waals surface area contributed by atoms with Crippen molar-refractivity contribution in [1.82, 2.24) is 4.90 Å². The summed E-state index contributed by atoms with van der Waals surface area (Å²) in [5, 5.41) is 20.3. The van der Waals surface area contributed by atoms with E-state index in [1.807, 2.05) is 38.1 Å². The molecule has 146 valence electrons. The number of aliphatic hydroxyl groups is 2. The molecule has 0 unspecified atom stereocenters. The second kappa shape index (κ2) is 8.57. The number of likely N-dealkylation sites (tertiary alicyclic amines) is 1. The number of hydrogen-bond donors (Lipinski definition) is 2. The summed E-state index contributed by atoms with van der Waals surface area (Å²) in [6, 6.07) is 7.74. The van der Waals surface area contributed by atoms with Crippen LogP contribution in [0.1, 0.15) is 33.1 Å². The average molecular weight is 365 g/mol. The van der Waals surface area contributed by atoms with Gasteiger partial charge in [0.05, 0.1) is 24.4 Å². The van der Waals surface area contributed by atoms with Crippen LogP contribution in [0, 0.1) is 0 Å². The Bertz CT molecular complexity index is 571. The molecule has 2 aliphatic heterocycles. The fourth-order valence-electron chi connectivity index (χ4n) is 3.78. The summed E-state index contributed by atoms with van der Waals surface area (Å²) in [5.74, 6) is 1.54. The van der Waals surface area contributed by atoms with Crippen LogP contribution in [0.5, 0.6) is 11.5 Å². The van der Waals surface area contributed by atoms with E-state index < -0.39 is 17.8 Å². The zero-order valence-corrected chi connectivity index (χ0v) is 15.8. The van der Waals surface area contributed by atoms with Crippen LogP contribution in [0.2, 0.25) is 0 Å². The van der Waals surface area contributed by atoms with Crippen molar-refractivity contribution in [3.8, 4) is 11.5 Å². The number of nitrogens with zero attached hydrogens (tertiary/aromatic N) is 1. The van der Waals surface area contributed by atoms with Gasteiger partial charge in [0.25, 0.3) is 0 Å². The van der Waals surface area contributed by atoms with Gasteiger partial charge in [-0.15, -0.1) is 0 Å². The van der Waals surface area contributed by atoms with Crippen LogP contribution in [-0.2, 0) is 4.74 Å². The summed E-state index contributed by atoms with van der Waals surface area (Å²) in [6.07, 6.45) is 0.635. The molecule has 2 fully saturated rings. The van der Waals surface area contributed by atoms with Gasteiger partial charge in [-0.1, -0.05) is 12.1 Å². The first-order valence-corrected chi connectivity index (χ1v) is 9.61. The molecule has 1 aromatic rings. The summed E-state index contributed by atoms with van der Waals surface area (Å²) in [7, 11) is 0. The molecule has 2 saturated heterocycles. The van der Waals surface area contributed by atoms with E-state index in [-0.39, 0.29) is 6.10 Å². The van der Waals surface area contributed by atoms with Gasteiger partial charge in [0, 0.05) is 19.6 Å². The fourth-order valence-corrected chi connectivity index (χ4v) is 3.78. The summed E-state index contributed by atoms with van der Waals surface area (Å²) >= 11 is 0. The molecule has 6 nitrogen and oxygen atoms in total. The Kier molecular flexibility index (Phi) is 6.40. The maximum Gasteiger partial charge on any atom is 0.161 e. The Morgan fingerprint density at radius 2 is 1.88 bits per heavy atom. The number of rotatable bonds is 6. The van der Waals surface area contributed by atoms with Crippen molar-refractivity contribution < 1.29 is 24.4 Å². The monoisotopic (exact) mass is 365 g/mol. The van der Waals surface area contributed by atoms with E-state index in [9.17, 15) is 10.2 Å². The van der Waals surface area contributed by atoms with Crippen LogP contribution in [0.4, 0.5) is 0 Å². The molecular weight excluding hydrogens is 334 g/mol. The third kappa shape index (κ3) is 4.49. The van der Waals surface area contributed by atoms with Crippen molar-refractivity contribution in [2.24, 2.45) is 0 Å². The van der Waals surface area contributed by atoms with Crippen molar-refractivity contribution in [2.75, 3.05) is 32.8 Å². The molecule has 6 heteroatoms. The molecule has 0 amide bonds. The van der Waals surface area contributed by atoms with Crippen molar-refractivity contribution in [3.63, 3.8) is 0 Å². The summed E-state index contributed by atoms with van der Waals surface area (Å²) < 4.78 is 17.6. The first kappa shape index (κ1) is 19.4. The Balaban J connectivity index is 1.46. The van der Waals surface area contributed by atoms with Crippen LogP contribution in [0.25, 0.3) is 0 Å². The van der Waals surface area contributed by atoms with E-state index >= 15 is 0 Å². The number of benzene rings is 1. The second-order valence-corrected chi connectivity index (χ2v) is 7.52. The van der Waals surface area contributed by atoms with Gasteiger partial charge in [0.2, 0.25) is 0 Å². The number of para-hydroxylation sites is 2. The van der Waals surface area contributed by atoms with E-state index in [2.05, 4.69) is 4.90 Å². The van der Waals surface area contributed by atoms with E-state index in [0.29, 0.717) is 19.6 Å². The van der Waals surface area contributed by atoms with Gasteiger partial charge in [0.1, 0.15) is 12.7 Å². The average Bonchev–Trinajstić information content (AvgIpc) is 2.62. The van der Waals surface area contributed by atoms with Gasteiger partial charge in [-0.2, -0.15) is 0 Å². The lowest BCUT2D eigenvalue weighted by atomic mass is 9.80. The maximum atomic E-state index is 10.3. The van der Waals surface area contributed by atoms with Crippen molar-refractivity contribution >= 4 is 0 Å². The van der Waals surface area contributed by atoms with Crippen LogP contribution in [-0.4, -0.2) is 71.9 Å². The number of aliphatic hydroxyl groups excluding tert-OH is 2. The smallest absolute Gasteiger partial charge is 0.161 e. The molecule has 2 aliphatic rings. The SMILES string of the molecule is CC(C)Oc1ccccc1OCCN1CCC2(CC1)OCC[C@H](O)[C@@H]2O. The first-order valence-electron chi connectivity index (χ1n) is 9.61. The standard InChI is InChI=1S/C20H31NO5/c1-15(2)26-18-6-4-3-5-17(18)24-14-12-21-10-8-20(9-11-21)19(23)16(22)7-13-25-20/h3-6,15-16,19,22-23H,7-14H2,1-2H3/t16-,19-/m0/s1. The zero-order valence-electron chi connectivity index (χ0n) is 15.8. The highest BCUT2D eigenvalue weighted by atomic mass is 16.5. The highest BCUT2D eigenvalue weighted by molar-refractivity contribution is 5.39. The molecule has 0 saturated carbocycles. The zero-order chi connectivity index (χ0) is 18.6. The highest BCUT2D eigenvalue weighted by Gasteiger charge is 2.47. The van der Waals surface area contributed by atoms with E-state index in [0.717, 1.165) is 44.0 Å². The van der Waals surface area contributed by atoms with E-state index in [1.165, 1.54) is 0 Å². The quantitative estimate of drug-likeness (QED) is 0.801. The van der Waals surface area contributed by atoms with Gasteiger partial charge in [-0.25, -0.2) is 0 Å². The molecule has 3 rings (SSSR count). The van der Waals surface area contributed by atoms with Crippen molar-refractivity contribution in [1.29, 1.82) is 0 Å². The molecule has 0 bridgehead atoms. The van der Waals surface area contributed by atoms with Crippen LogP contribution in [0.15, 0.2) is 24.3 Å². The van der Waals surface area contributed by atoms with E-state index in [4.69, 9.17) is 14.2 Å². The number of piperidine rings is 1. The molecule has 0 aliphatic carbocycles. The van der Waals surface area contributed by atoms with Crippen LogP contribution in [0.3, 0.4) is 0 Å². The Hall–Kier alpha value is -1.34. The summed E-state index contributed by atoms with van der Waals surface area (Å²) in [6.45, 7) is 7.57. The van der Waals surface area contributed by atoms with Gasteiger partial charge in [0.15, 0.2) is 11.5 Å². The minimum atomic E-state index is -0.783. The number of ether oxygens (including phenoxy) is 3. The highest BCUT2D eigenvalue weighted by Crippen LogP contribution is 2.35. The number of hydrogen-bond acceptors (Lipinski definition) is 6. The topological polar surface area (TPSA) is 71.4 Å². The maximum absolute atomic E-state index is 10.3. The predicted molar refractivity (Wildman–Crippen MR) is 98.7 cm³/mol. The minimum absolute atomic E-state index is 0.107. The summed E-state index contributed by atoms with van der Waals surface area (Å²) in [5.41, 5.74) is -0.577. The van der Waals surface area contributed by atoms with E-state index in [1.54, 1.807) is 0 Å². The third-order valence-electron chi connectivity index (χ3n) is 5.29. The lowest BCUT2D eigenvalue weighted by Gasteiger charge is -2.48. The molecule has 1 aromatic carbocycles. The molecule has 26 heavy (non-hydrogen) atoms. The molecular formula is C20H31NO5. The fraction of sp³-hybridized carbons (Fsp3) is 0.700.